The topological polar surface area (TPSA) is 97.4 Å². The predicted octanol–water partition coefficient (Wildman–Crippen LogP) is 4.23. The predicted molar refractivity (Wildman–Crippen MR) is 144 cm³/mol. The molecule has 1 fully saturated rings. The summed E-state index contributed by atoms with van der Waals surface area (Å²) in [6.45, 7) is 4.98. The van der Waals surface area contributed by atoms with Gasteiger partial charge < -0.3 is 19.5 Å². The van der Waals surface area contributed by atoms with E-state index in [0.29, 0.717) is 55.7 Å². The minimum Gasteiger partial charge on any atom is -0.492 e. The number of anilines is 1. The number of rotatable bonds is 8. The lowest BCUT2D eigenvalue weighted by atomic mass is 10.2. The smallest absolute Gasteiger partial charge is 0.255 e. The Kier molecular flexibility index (Phi) is 7.75. The van der Waals surface area contributed by atoms with E-state index in [9.17, 15) is 13.2 Å². The summed E-state index contributed by atoms with van der Waals surface area (Å²) in [5, 5.41) is 3.30. The van der Waals surface area contributed by atoms with Crippen LogP contribution >= 0.6 is 11.6 Å². The molecule has 1 amide bonds. The maximum absolute atomic E-state index is 13.5. The number of fused-ring (bicyclic) bond motifs is 1. The normalized spacial score (nSPS) is 15.8. The molecule has 0 aliphatic carbocycles. The van der Waals surface area contributed by atoms with E-state index in [4.69, 9.17) is 25.8 Å². The van der Waals surface area contributed by atoms with Gasteiger partial charge in [-0.05, 0) is 67.1 Å². The molecule has 0 atom stereocenters. The Hall–Kier alpha value is -3.31. The molecule has 11 heteroatoms. The highest BCUT2D eigenvalue weighted by Crippen LogP contribution is 2.33. The SMILES string of the molecule is CCOc1ccc(S(=O)(=O)N2CCN(Cc3ccc4c(c3)OCO4)CC2)cc1NC(=O)c1ccc(Cl)cc1. The van der Waals surface area contributed by atoms with Gasteiger partial charge in [0.25, 0.3) is 5.91 Å². The van der Waals surface area contributed by atoms with Crippen LogP contribution in [-0.4, -0.2) is 63.1 Å². The van der Waals surface area contributed by atoms with Crippen LogP contribution in [0.5, 0.6) is 17.2 Å². The van der Waals surface area contributed by atoms with Gasteiger partial charge in [-0.15, -0.1) is 0 Å². The molecule has 9 nitrogen and oxygen atoms in total. The van der Waals surface area contributed by atoms with Crippen molar-refractivity contribution in [3.8, 4) is 17.2 Å². The van der Waals surface area contributed by atoms with E-state index >= 15 is 0 Å². The van der Waals surface area contributed by atoms with Crippen molar-refractivity contribution in [3.63, 3.8) is 0 Å². The number of ether oxygens (including phenoxy) is 3. The first-order chi connectivity index (χ1) is 18.3. The highest BCUT2D eigenvalue weighted by molar-refractivity contribution is 7.89. The monoisotopic (exact) mass is 557 g/mol. The van der Waals surface area contributed by atoms with Crippen molar-refractivity contribution >= 4 is 33.2 Å². The van der Waals surface area contributed by atoms with Gasteiger partial charge in [0.05, 0.1) is 17.2 Å². The first-order valence-corrected chi connectivity index (χ1v) is 14.1. The maximum atomic E-state index is 13.5. The Morgan fingerprint density at radius 3 is 2.45 bits per heavy atom. The van der Waals surface area contributed by atoms with Gasteiger partial charge in [-0.3, -0.25) is 9.69 Å². The summed E-state index contributed by atoms with van der Waals surface area (Å²) in [6, 6.07) is 16.8. The van der Waals surface area contributed by atoms with Crippen LogP contribution < -0.4 is 19.5 Å². The van der Waals surface area contributed by atoms with Crippen molar-refractivity contribution < 1.29 is 27.4 Å². The number of carbonyl (C=O) groups is 1. The Labute approximate surface area is 226 Å². The van der Waals surface area contributed by atoms with Gasteiger partial charge in [-0.25, -0.2) is 8.42 Å². The molecule has 5 rings (SSSR count). The highest BCUT2D eigenvalue weighted by atomic mass is 35.5. The second kappa shape index (κ2) is 11.2. The molecule has 0 unspecified atom stereocenters. The number of hydrogen-bond donors (Lipinski definition) is 1. The van der Waals surface area contributed by atoms with Crippen molar-refractivity contribution in [3.05, 3.63) is 76.8 Å². The van der Waals surface area contributed by atoms with Gasteiger partial charge in [0.1, 0.15) is 5.75 Å². The van der Waals surface area contributed by atoms with Gasteiger partial charge >= 0.3 is 0 Å². The lowest BCUT2D eigenvalue weighted by molar-refractivity contribution is 0.102. The molecule has 1 N–H and O–H groups in total. The van der Waals surface area contributed by atoms with E-state index in [1.165, 1.54) is 16.4 Å². The number of benzene rings is 3. The van der Waals surface area contributed by atoms with Crippen LogP contribution in [-0.2, 0) is 16.6 Å². The molecule has 2 aliphatic rings. The number of hydrogen-bond acceptors (Lipinski definition) is 7. The molecular formula is C27H28ClN3O6S. The van der Waals surface area contributed by atoms with E-state index in [2.05, 4.69) is 10.2 Å². The molecule has 0 bridgehead atoms. The zero-order valence-electron chi connectivity index (χ0n) is 20.9. The van der Waals surface area contributed by atoms with Gasteiger partial charge in [-0.1, -0.05) is 17.7 Å². The molecule has 2 aliphatic heterocycles. The van der Waals surface area contributed by atoms with Gasteiger partial charge in [0, 0.05) is 43.3 Å². The van der Waals surface area contributed by atoms with Crippen LogP contribution in [0.25, 0.3) is 0 Å². The molecule has 3 aromatic rings. The number of nitrogens with one attached hydrogen (secondary N) is 1. The summed E-state index contributed by atoms with van der Waals surface area (Å²) in [5.74, 6) is 1.47. The summed E-state index contributed by atoms with van der Waals surface area (Å²) in [7, 11) is -3.78. The number of halogens is 1. The minimum atomic E-state index is -3.78. The Bertz CT molecular complexity index is 1420. The molecule has 3 aromatic carbocycles. The van der Waals surface area contributed by atoms with Crippen LogP contribution in [0, 0.1) is 0 Å². The Morgan fingerprint density at radius 1 is 0.974 bits per heavy atom. The average Bonchev–Trinajstić information content (AvgIpc) is 3.38. The van der Waals surface area contributed by atoms with Crippen molar-refractivity contribution in [1.29, 1.82) is 0 Å². The fraction of sp³-hybridized carbons (Fsp3) is 0.296. The average molecular weight is 558 g/mol. The first-order valence-electron chi connectivity index (χ1n) is 12.3. The lowest BCUT2D eigenvalue weighted by Gasteiger charge is -2.34. The number of amides is 1. The number of carbonyl (C=O) groups excluding carboxylic acids is 1. The summed E-state index contributed by atoms with van der Waals surface area (Å²) in [5.41, 5.74) is 1.76. The lowest BCUT2D eigenvalue weighted by Crippen LogP contribution is -2.48. The molecule has 0 radical (unpaired) electrons. The van der Waals surface area contributed by atoms with Crippen LogP contribution in [0.15, 0.2) is 65.6 Å². The largest absolute Gasteiger partial charge is 0.492 e. The maximum Gasteiger partial charge on any atom is 0.255 e. The van der Waals surface area contributed by atoms with E-state index in [0.717, 1.165) is 17.1 Å². The van der Waals surface area contributed by atoms with Crippen LogP contribution in [0.3, 0.4) is 0 Å². The third-order valence-electron chi connectivity index (χ3n) is 6.42. The van der Waals surface area contributed by atoms with Crippen molar-refractivity contribution in [2.24, 2.45) is 0 Å². The molecule has 38 heavy (non-hydrogen) atoms. The zero-order valence-corrected chi connectivity index (χ0v) is 22.4. The van der Waals surface area contributed by atoms with E-state index in [-0.39, 0.29) is 17.4 Å². The molecule has 200 valence electrons. The van der Waals surface area contributed by atoms with Crippen molar-refractivity contribution in [1.82, 2.24) is 9.21 Å². The number of sulfonamides is 1. The summed E-state index contributed by atoms with van der Waals surface area (Å²) in [6.07, 6.45) is 0. The first kappa shape index (κ1) is 26.3. The quantitative estimate of drug-likeness (QED) is 0.443. The molecule has 1 saturated heterocycles. The second-order valence-corrected chi connectivity index (χ2v) is 11.3. The molecule has 2 heterocycles. The van der Waals surface area contributed by atoms with Crippen molar-refractivity contribution in [2.45, 2.75) is 18.4 Å². The van der Waals surface area contributed by atoms with Crippen LogP contribution in [0.1, 0.15) is 22.8 Å². The second-order valence-electron chi connectivity index (χ2n) is 8.92. The molecule has 0 spiro atoms. The third kappa shape index (κ3) is 5.73. The fourth-order valence-corrected chi connectivity index (χ4v) is 5.99. The molecular weight excluding hydrogens is 530 g/mol. The Balaban J connectivity index is 1.27. The Morgan fingerprint density at radius 2 is 1.71 bits per heavy atom. The molecule has 0 saturated carbocycles. The highest BCUT2D eigenvalue weighted by Gasteiger charge is 2.29. The van der Waals surface area contributed by atoms with E-state index in [1.807, 2.05) is 25.1 Å². The fourth-order valence-electron chi connectivity index (χ4n) is 4.42. The minimum absolute atomic E-state index is 0.0941. The van der Waals surface area contributed by atoms with Gasteiger partial charge in [0.15, 0.2) is 11.5 Å². The van der Waals surface area contributed by atoms with Crippen molar-refractivity contribution in [2.75, 3.05) is 44.9 Å². The summed E-state index contributed by atoms with van der Waals surface area (Å²) in [4.78, 5) is 15.1. The standard InChI is InChI=1S/C27H28ClN3O6S/c1-2-35-24-10-8-22(16-23(24)29-27(32)20-4-6-21(28)7-5-20)38(33,34)31-13-11-30(12-14-31)17-19-3-9-25-26(15-19)37-18-36-25/h3-10,15-16H,2,11-14,17-18H2,1H3,(H,29,32). The zero-order chi connectivity index (χ0) is 26.7. The molecule has 0 aromatic heterocycles. The van der Waals surface area contributed by atoms with E-state index in [1.54, 1.807) is 30.3 Å². The summed E-state index contributed by atoms with van der Waals surface area (Å²) < 4.78 is 44.9. The number of piperazine rings is 1. The summed E-state index contributed by atoms with van der Waals surface area (Å²) >= 11 is 5.92. The van der Waals surface area contributed by atoms with E-state index < -0.39 is 15.9 Å². The van der Waals surface area contributed by atoms with Crippen LogP contribution in [0.2, 0.25) is 5.02 Å². The van der Waals surface area contributed by atoms with Gasteiger partial charge in [0.2, 0.25) is 16.8 Å². The number of nitrogens with zero attached hydrogens (tertiary/aromatic N) is 2. The third-order valence-corrected chi connectivity index (χ3v) is 8.56. The van der Waals surface area contributed by atoms with Crippen LogP contribution in [0.4, 0.5) is 5.69 Å². The van der Waals surface area contributed by atoms with Gasteiger partial charge in [-0.2, -0.15) is 4.31 Å².